The van der Waals surface area contributed by atoms with Crippen molar-refractivity contribution in [1.29, 1.82) is 0 Å². The molecular weight excluding hydrogens is 590 g/mol. The van der Waals surface area contributed by atoms with Gasteiger partial charge in [0.15, 0.2) is 10.2 Å². The summed E-state index contributed by atoms with van der Waals surface area (Å²) in [5, 5.41) is 78.4. The number of carbonyl (C=O) groups is 2. The molecule has 0 aromatic heterocycles. The summed E-state index contributed by atoms with van der Waals surface area (Å²) in [5.41, 5.74) is 1.73. The lowest BCUT2D eigenvalue weighted by molar-refractivity contribution is -0.114. The summed E-state index contributed by atoms with van der Waals surface area (Å²) in [6.07, 6.45) is -9.65. The van der Waals surface area contributed by atoms with Crippen LogP contribution >= 0.6 is 23.5 Å². The number of aliphatic hydroxyl groups is 8. The molecule has 0 aliphatic carbocycles. The van der Waals surface area contributed by atoms with E-state index in [0.29, 0.717) is 17.3 Å². The predicted octanol–water partition coefficient (Wildman–Crippen LogP) is -0.651. The Morgan fingerprint density at radius 3 is 1.62 bits per heavy atom. The minimum Gasteiger partial charge on any atom is -0.492 e. The van der Waals surface area contributed by atoms with E-state index in [1.165, 1.54) is 28.4 Å². The van der Waals surface area contributed by atoms with Crippen molar-refractivity contribution in [2.45, 2.75) is 75.8 Å². The van der Waals surface area contributed by atoms with Crippen molar-refractivity contribution < 1.29 is 55.2 Å². The van der Waals surface area contributed by atoms with Crippen LogP contribution in [0.4, 0.5) is 0 Å². The Hall–Kier alpha value is -1.30. The molecule has 0 saturated heterocycles. The summed E-state index contributed by atoms with van der Waals surface area (Å²) in [5.74, 6) is 1.05. The van der Waals surface area contributed by atoms with Crippen LogP contribution < -0.4 is 4.74 Å². The monoisotopic (exact) mass is 637 g/mol. The highest BCUT2D eigenvalue weighted by molar-refractivity contribution is 8.13. The van der Waals surface area contributed by atoms with Gasteiger partial charge in [-0.15, -0.1) is 0 Å². The molecule has 0 amide bonds. The molecule has 0 aliphatic rings. The van der Waals surface area contributed by atoms with Crippen molar-refractivity contribution in [3.05, 3.63) is 29.3 Å². The van der Waals surface area contributed by atoms with E-state index in [1.807, 2.05) is 33.8 Å². The predicted molar refractivity (Wildman–Crippen MR) is 161 cm³/mol. The number of nitrogens with zero attached hydrogens (tertiary/aromatic N) is 1. The number of thioether (sulfide) groups is 2. The quantitative estimate of drug-likeness (QED) is 0.0894. The van der Waals surface area contributed by atoms with E-state index in [2.05, 4.69) is 0 Å². The fourth-order valence-electron chi connectivity index (χ4n) is 3.62. The number of aliphatic hydroxyl groups excluding tert-OH is 8. The molecule has 1 rings (SSSR count). The van der Waals surface area contributed by atoms with E-state index in [-0.39, 0.29) is 48.3 Å². The lowest BCUT2D eigenvalue weighted by Gasteiger charge is -2.32. The first-order valence-corrected chi connectivity index (χ1v) is 15.8. The van der Waals surface area contributed by atoms with Gasteiger partial charge in [-0.1, -0.05) is 57.3 Å². The van der Waals surface area contributed by atoms with Crippen molar-refractivity contribution in [3.63, 3.8) is 0 Å². The van der Waals surface area contributed by atoms with Crippen molar-refractivity contribution in [2.75, 3.05) is 39.5 Å². The fourth-order valence-corrected chi connectivity index (χ4v) is 5.43. The van der Waals surface area contributed by atoms with Crippen molar-refractivity contribution >= 4 is 33.8 Å². The minimum atomic E-state index is -1.69. The normalized spacial score (nSPS) is 16.4. The SMILES string of the molecule is CC(C)C(=O)SCc1ccc(OCCN(C[C@@H](O)[C@H](O)[C@H](O)CO)C[C@@H](O)[C@H](O)[C@H](O)CO)cc1CSC(=O)C(C)C. The largest absolute Gasteiger partial charge is 0.492 e. The Balaban J connectivity index is 3.02. The van der Waals surface area contributed by atoms with E-state index >= 15 is 0 Å². The summed E-state index contributed by atoms with van der Waals surface area (Å²) in [6.45, 7) is 5.23. The lowest BCUT2D eigenvalue weighted by Crippen LogP contribution is -2.51. The van der Waals surface area contributed by atoms with Gasteiger partial charge in [0.2, 0.25) is 0 Å². The van der Waals surface area contributed by atoms with E-state index < -0.39 is 49.8 Å². The first kappa shape index (κ1) is 38.7. The first-order chi connectivity index (χ1) is 19.7. The second-order valence-corrected chi connectivity index (χ2v) is 12.6. The Bertz CT molecular complexity index is 928. The van der Waals surface area contributed by atoms with Gasteiger partial charge in [0.05, 0.1) is 25.4 Å². The number of rotatable bonds is 20. The molecule has 0 unspecified atom stereocenters. The molecule has 8 N–H and O–H groups in total. The van der Waals surface area contributed by atoms with Crippen molar-refractivity contribution in [1.82, 2.24) is 4.90 Å². The number of benzene rings is 1. The molecule has 0 fully saturated rings. The summed E-state index contributed by atoms with van der Waals surface area (Å²) in [6, 6.07) is 5.34. The summed E-state index contributed by atoms with van der Waals surface area (Å²) in [4.78, 5) is 25.8. The standard InChI is InChI=1S/C28H47NO11S2/c1-16(2)27(38)41-14-18-5-6-20(9-19(18)15-42-28(39)17(3)4)40-8-7-29(10-21(32)25(36)23(34)12-30)11-22(33)26(37)24(35)13-31/h5-6,9,16-17,21-26,30-37H,7-8,10-15H2,1-4H3/t21-,22-,23-,24-,25+,26+/m1/s1. The summed E-state index contributed by atoms with van der Waals surface area (Å²) in [7, 11) is 0. The van der Waals surface area contributed by atoms with Crippen LogP contribution in [0.3, 0.4) is 0 Å². The minimum absolute atomic E-state index is 0.0220. The average molecular weight is 638 g/mol. The molecule has 242 valence electrons. The number of hydrogen-bond donors (Lipinski definition) is 8. The van der Waals surface area contributed by atoms with E-state index in [4.69, 9.17) is 14.9 Å². The second kappa shape index (κ2) is 19.9. The second-order valence-electron chi connectivity index (χ2n) is 10.7. The molecule has 1 aromatic rings. The van der Waals surface area contributed by atoms with Gasteiger partial charge in [0, 0.05) is 43.0 Å². The fraction of sp³-hybridized carbons (Fsp3) is 0.714. The zero-order valence-electron chi connectivity index (χ0n) is 24.6. The molecule has 0 spiro atoms. The van der Waals surface area contributed by atoms with Gasteiger partial charge in [0.25, 0.3) is 0 Å². The molecule has 1 aromatic carbocycles. The van der Waals surface area contributed by atoms with Crippen LogP contribution in [0.2, 0.25) is 0 Å². The summed E-state index contributed by atoms with van der Waals surface area (Å²) < 4.78 is 5.89. The Morgan fingerprint density at radius 1 is 0.738 bits per heavy atom. The molecule has 6 atom stereocenters. The number of carbonyl (C=O) groups excluding carboxylic acids is 2. The molecule has 0 radical (unpaired) electrons. The maximum absolute atomic E-state index is 12.2. The Kier molecular flexibility index (Phi) is 18.3. The topological polar surface area (TPSA) is 208 Å². The van der Waals surface area contributed by atoms with Crippen LogP contribution in [0.25, 0.3) is 0 Å². The zero-order valence-corrected chi connectivity index (χ0v) is 26.2. The average Bonchev–Trinajstić information content (AvgIpc) is 2.96. The summed E-state index contributed by atoms with van der Waals surface area (Å²) >= 11 is 2.39. The number of ether oxygens (including phenoxy) is 1. The maximum atomic E-state index is 12.2. The molecule has 0 aliphatic heterocycles. The molecule has 14 heteroatoms. The van der Waals surface area contributed by atoms with Crippen LogP contribution in [0.15, 0.2) is 18.2 Å². The van der Waals surface area contributed by atoms with Gasteiger partial charge in [-0.25, -0.2) is 0 Å². The van der Waals surface area contributed by atoms with Gasteiger partial charge in [0.1, 0.15) is 36.8 Å². The highest BCUT2D eigenvalue weighted by Gasteiger charge is 2.30. The van der Waals surface area contributed by atoms with E-state index in [0.717, 1.165) is 11.1 Å². The zero-order chi connectivity index (χ0) is 32.0. The third kappa shape index (κ3) is 13.6. The highest BCUT2D eigenvalue weighted by atomic mass is 32.2. The smallest absolute Gasteiger partial charge is 0.191 e. The molecule has 0 saturated carbocycles. The highest BCUT2D eigenvalue weighted by Crippen LogP contribution is 2.28. The number of hydrogen-bond acceptors (Lipinski definition) is 14. The third-order valence-corrected chi connectivity index (χ3v) is 8.80. The lowest BCUT2D eigenvalue weighted by atomic mass is 10.1. The van der Waals surface area contributed by atoms with Crippen molar-refractivity contribution in [2.24, 2.45) is 11.8 Å². The van der Waals surface area contributed by atoms with Crippen LogP contribution in [0, 0.1) is 11.8 Å². The molecule has 42 heavy (non-hydrogen) atoms. The van der Waals surface area contributed by atoms with Crippen LogP contribution in [-0.4, -0.2) is 132 Å². The first-order valence-electron chi connectivity index (χ1n) is 13.8. The van der Waals surface area contributed by atoms with Gasteiger partial charge < -0.3 is 45.6 Å². The molecule has 0 bridgehead atoms. The van der Waals surface area contributed by atoms with Gasteiger partial charge in [-0.2, -0.15) is 0 Å². The molecule has 0 heterocycles. The van der Waals surface area contributed by atoms with Crippen molar-refractivity contribution in [3.8, 4) is 5.75 Å². The van der Waals surface area contributed by atoms with E-state index in [9.17, 15) is 40.2 Å². The molecule has 12 nitrogen and oxygen atoms in total. The van der Waals surface area contributed by atoms with Gasteiger partial charge in [-0.3, -0.25) is 14.5 Å². The maximum Gasteiger partial charge on any atom is 0.191 e. The van der Waals surface area contributed by atoms with Gasteiger partial charge in [-0.05, 0) is 23.3 Å². The van der Waals surface area contributed by atoms with Crippen LogP contribution in [-0.2, 0) is 21.1 Å². The van der Waals surface area contributed by atoms with Gasteiger partial charge >= 0.3 is 0 Å². The molecular formula is C28H47NO11S2. The Morgan fingerprint density at radius 2 is 1.19 bits per heavy atom. The van der Waals surface area contributed by atoms with Crippen LogP contribution in [0.1, 0.15) is 38.8 Å². The third-order valence-electron chi connectivity index (χ3n) is 6.38. The van der Waals surface area contributed by atoms with Crippen LogP contribution in [0.5, 0.6) is 5.75 Å². The van der Waals surface area contributed by atoms with E-state index in [1.54, 1.807) is 12.1 Å². The Labute approximate surface area is 255 Å².